The summed E-state index contributed by atoms with van der Waals surface area (Å²) in [6.45, 7) is 3.41. The maximum atomic E-state index is 5.90. The van der Waals surface area contributed by atoms with E-state index in [0.29, 0.717) is 18.8 Å². The molecule has 2 fully saturated rings. The van der Waals surface area contributed by atoms with Gasteiger partial charge in [0.15, 0.2) is 0 Å². The lowest BCUT2D eigenvalue weighted by molar-refractivity contribution is -0.0588. The van der Waals surface area contributed by atoms with Crippen LogP contribution in [0.3, 0.4) is 0 Å². The number of aryl methyl sites for hydroxylation is 1. The molecule has 0 amide bonds. The summed E-state index contributed by atoms with van der Waals surface area (Å²) in [7, 11) is 1.98. The van der Waals surface area contributed by atoms with E-state index >= 15 is 0 Å². The summed E-state index contributed by atoms with van der Waals surface area (Å²) >= 11 is 0. The van der Waals surface area contributed by atoms with Crippen molar-refractivity contribution < 1.29 is 9.47 Å². The van der Waals surface area contributed by atoms with Crippen molar-refractivity contribution in [3.8, 4) is 5.75 Å². The minimum absolute atomic E-state index is 0.458. The van der Waals surface area contributed by atoms with Crippen LogP contribution < -0.4 is 4.74 Å². The third-order valence-electron chi connectivity index (χ3n) is 5.20. The van der Waals surface area contributed by atoms with Crippen molar-refractivity contribution in [2.24, 2.45) is 7.05 Å². The molecule has 0 bridgehead atoms. The van der Waals surface area contributed by atoms with Crippen LogP contribution in [0.25, 0.3) is 0 Å². The van der Waals surface area contributed by atoms with Crippen molar-refractivity contribution in [2.45, 2.75) is 44.6 Å². The highest BCUT2D eigenvalue weighted by molar-refractivity contribution is 5.27. The van der Waals surface area contributed by atoms with Gasteiger partial charge in [-0.25, -0.2) is 4.98 Å². The van der Waals surface area contributed by atoms with Crippen LogP contribution in [0.1, 0.15) is 30.7 Å². The van der Waals surface area contributed by atoms with Crippen molar-refractivity contribution >= 4 is 0 Å². The van der Waals surface area contributed by atoms with Gasteiger partial charge in [-0.15, -0.1) is 0 Å². The number of rotatable bonds is 5. The van der Waals surface area contributed by atoms with Crippen LogP contribution in [0.15, 0.2) is 36.7 Å². The Morgan fingerprint density at radius 2 is 2.12 bits per heavy atom. The van der Waals surface area contributed by atoms with Crippen LogP contribution in [-0.4, -0.2) is 39.7 Å². The summed E-state index contributed by atoms with van der Waals surface area (Å²) < 4.78 is 13.7. The molecule has 1 saturated carbocycles. The minimum atomic E-state index is 0.458. The second kappa shape index (κ2) is 6.95. The largest absolute Gasteiger partial charge is 0.486 e. The van der Waals surface area contributed by atoms with Gasteiger partial charge in [0.05, 0.1) is 12.7 Å². The molecule has 0 radical (unpaired) electrons. The van der Waals surface area contributed by atoms with Crippen molar-refractivity contribution in [2.75, 3.05) is 13.2 Å². The van der Waals surface area contributed by atoms with E-state index in [1.165, 1.54) is 24.8 Å². The van der Waals surface area contributed by atoms with E-state index in [0.717, 1.165) is 31.3 Å². The van der Waals surface area contributed by atoms with Crippen LogP contribution >= 0.6 is 0 Å². The van der Waals surface area contributed by atoms with Gasteiger partial charge in [0.2, 0.25) is 0 Å². The van der Waals surface area contributed by atoms with Gasteiger partial charge in [-0.05, 0) is 37.0 Å². The Labute approximate surface area is 143 Å². The Bertz CT molecular complexity index is 668. The molecule has 2 atom stereocenters. The number of hydrogen-bond acceptors (Lipinski definition) is 4. The predicted molar refractivity (Wildman–Crippen MR) is 91.8 cm³/mol. The Morgan fingerprint density at radius 3 is 2.92 bits per heavy atom. The average molecular weight is 327 g/mol. The van der Waals surface area contributed by atoms with Gasteiger partial charge in [-0.1, -0.05) is 12.1 Å². The number of aromatic nitrogens is 2. The first-order valence-electron chi connectivity index (χ1n) is 8.83. The molecule has 1 saturated heterocycles. The summed E-state index contributed by atoms with van der Waals surface area (Å²) in [6.07, 6.45) is 7.97. The van der Waals surface area contributed by atoms with Gasteiger partial charge >= 0.3 is 0 Å². The molecule has 24 heavy (non-hydrogen) atoms. The average Bonchev–Trinajstić information content (AvgIpc) is 3.24. The predicted octanol–water partition coefficient (Wildman–Crippen LogP) is 2.75. The number of benzene rings is 1. The topological polar surface area (TPSA) is 39.5 Å². The zero-order valence-corrected chi connectivity index (χ0v) is 14.2. The Hall–Kier alpha value is -1.85. The fraction of sp³-hybridized carbons (Fsp3) is 0.526. The maximum absolute atomic E-state index is 5.90. The second-order valence-electron chi connectivity index (χ2n) is 6.76. The van der Waals surface area contributed by atoms with Crippen molar-refractivity contribution in [1.29, 1.82) is 0 Å². The smallest absolute Gasteiger partial charge is 0.146 e. The van der Waals surface area contributed by atoms with E-state index < -0.39 is 0 Å². The van der Waals surface area contributed by atoms with E-state index in [1.807, 2.05) is 17.8 Å². The van der Waals surface area contributed by atoms with Gasteiger partial charge < -0.3 is 14.0 Å². The zero-order valence-electron chi connectivity index (χ0n) is 14.2. The van der Waals surface area contributed by atoms with Gasteiger partial charge in [0.25, 0.3) is 0 Å². The van der Waals surface area contributed by atoms with Crippen molar-refractivity contribution in [1.82, 2.24) is 14.5 Å². The normalized spacial score (nSPS) is 24.0. The van der Waals surface area contributed by atoms with Gasteiger partial charge in [0, 0.05) is 38.6 Å². The number of hydrogen-bond donors (Lipinski definition) is 0. The van der Waals surface area contributed by atoms with Crippen molar-refractivity contribution in [3.63, 3.8) is 0 Å². The SMILES string of the molecule is Cn1ccnc1COc1ccc(CN2CCO[C@@H]3CCC[C@@H]32)cc1. The van der Waals surface area contributed by atoms with E-state index in [4.69, 9.17) is 9.47 Å². The van der Waals surface area contributed by atoms with E-state index in [2.05, 4.69) is 34.1 Å². The molecule has 1 aliphatic heterocycles. The fourth-order valence-corrected chi connectivity index (χ4v) is 3.81. The van der Waals surface area contributed by atoms with Gasteiger partial charge in [0.1, 0.15) is 18.2 Å². The van der Waals surface area contributed by atoms with Gasteiger partial charge in [-0.2, -0.15) is 0 Å². The van der Waals surface area contributed by atoms with E-state index in [1.54, 1.807) is 6.20 Å². The molecule has 2 aliphatic rings. The highest BCUT2D eigenvalue weighted by Gasteiger charge is 2.35. The molecular weight excluding hydrogens is 302 g/mol. The molecule has 2 aromatic rings. The van der Waals surface area contributed by atoms with Crippen LogP contribution in [-0.2, 0) is 24.9 Å². The molecule has 0 unspecified atom stereocenters. The van der Waals surface area contributed by atoms with E-state index in [9.17, 15) is 0 Å². The number of nitrogens with zero attached hydrogens (tertiary/aromatic N) is 3. The molecule has 0 N–H and O–H groups in total. The second-order valence-corrected chi connectivity index (χ2v) is 6.76. The highest BCUT2D eigenvalue weighted by atomic mass is 16.5. The lowest BCUT2D eigenvalue weighted by Crippen LogP contribution is -2.47. The summed E-state index contributed by atoms with van der Waals surface area (Å²) in [5.41, 5.74) is 1.34. The third kappa shape index (κ3) is 3.32. The molecular formula is C19H25N3O2. The molecule has 5 heteroatoms. The molecule has 1 aromatic heterocycles. The van der Waals surface area contributed by atoms with Crippen LogP contribution in [0.2, 0.25) is 0 Å². The van der Waals surface area contributed by atoms with Crippen LogP contribution in [0, 0.1) is 0 Å². The lowest BCUT2D eigenvalue weighted by atomic mass is 10.1. The lowest BCUT2D eigenvalue weighted by Gasteiger charge is -2.37. The summed E-state index contributed by atoms with van der Waals surface area (Å²) in [4.78, 5) is 6.86. The first kappa shape index (κ1) is 15.7. The Kier molecular flexibility index (Phi) is 4.54. The number of fused-ring (bicyclic) bond motifs is 1. The molecule has 0 spiro atoms. The fourth-order valence-electron chi connectivity index (χ4n) is 3.81. The van der Waals surface area contributed by atoms with E-state index in [-0.39, 0.29) is 0 Å². The summed E-state index contributed by atoms with van der Waals surface area (Å²) in [6, 6.07) is 9.08. The first-order valence-corrected chi connectivity index (χ1v) is 8.83. The molecule has 4 rings (SSSR count). The number of morpholine rings is 1. The molecule has 2 heterocycles. The first-order chi connectivity index (χ1) is 11.8. The molecule has 5 nitrogen and oxygen atoms in total. The summed E-state index contributed by atoms with van der Waals surface area (Å²) in [5, 5.41) is 0. The molecule has 1 aromatic carbocycles. The monoisotopic (exact) mass is 327 g/mol. The summed E-state index contributed by atoms with van der Waals surface area (Å²) in [5.74, 6) is 1.82. The number of ether oxygens (including phenoxy) is 2. The Morgan fingerprint density at radius 1 is 1.25 bits per heavy atom. The van der Waals surface area contributed by atoms with Crippen LogP contribution in [0.4, 0.5) is 0 Å². The third-order valence-corrected chi connectivity index (χ3v) is 5.20. The van der Waals surface area contributed by atoms with Crippen LogP contribution in [0.5, 0.6) is 5.75 Å². The number of imidazole rings is 1. The molecule has 128 valence electrons. The quantitative estimate of drug-likeness (QED) is 0.846. The highest BCUT2D eigenvalue weighted by Crippen LogP contribution is 2.30. The Balaban J connectivity index is 1.34. The zero-order chi connectivity index (χ0) is 16.4. The molecule has 1 aliphatic carbocycles. The van der Waals surface area contributed by atoms with Crippen molar-refractivity contribution in [3.05, 3.63) is 48.0 Å². The maximum Gasteiger partial charge on any atom is 0.146 e. The van der Waals surface area contributed by atoms with Gasteiger partial charge in [-0.3, -0.25) is 4.90 Å². The minimum Gasteiger partial charge on any atom is -0.486 e. The standard InChI is InChI=1S/C19H25N3O2/c1-21-10-9-20-19(21)14-24-16-7-5-15(6-8-16)13-22-11-12-23-18-4-2-3-17(18)22/h5-10,17-18H,2-4,11-14H2,1H3/t17-,18+/m0/s1.